The highest BCUT2D eigenvalue weighted by Gasteiger charge is 2.38. The van der Waals surface area contributed by atoms with Crippen molar-refractivity contribution in [2.45, 2.75) is 160 Å². The van der Waals surface area contributed by atoms with Gasteiger partial charge in [0, 0.05) is 28.6 Å². The first-order valence-electron chi connectivity index (χ1n) is 21.4. The minimum Gasteiger partial charge on any atom is -0.399 e. The van der Waals surface area contributed by atoms with Gasteiger partial charge in [-0.25, -0.2) is 0 Å². The van der Waals surface area contributed by atoms with Crippen molar-refractivity contribution < 1.29 is 0 Å². The van der Waals surface area contributed by atoms with Crippen molar-refractivity contribution in [3.8, 4) is 0 Å². The fraction of sp³-hybridized carbons (Fsp3) is 0.520. The molecule has 1 saturated carbocycles. The zero-order valence-corrected chi connectivity index (χ0v) is 33.1. The Hall–Kier alpha value is -3.52. The van der Waals surface area contributed by atoms with Crippen molar-refractivity contribution >= 4 is 11.4 Å². The number of benzene rings is 4. The molecule has 2 atom stereocenters. The van der Waals surface area contributed by atoms with Crippen molar-refractivity contribution in [3.63, 3.8) is 0 Å². The third kappa shape index (κ3) is 10.8. The molecule has 2 nitrogen and oxygen atoms in total. The van der Waals surface area contributed by atoms with Crippen molar-refractivity contribution in [1.82, 2.24) is 0 Å². The van der Waals surface area contributed by atoms with Crippen LogP contribution >= 0.6 is 0 Å². The lowest BCUT2D eigenvalue weighted by Crippen LogP contribution is -2.33. The zero-order chi connectivity index (χ0) is 36.6. The minimum atomic E-state index is 0.0637. The molecule has 1 aliphatic rings. The summed E-state index contributed by atoms with van der Waals surface area (Å²) in [6.45, 7) is 6.90. The molecule has 2 unspecified atom stereocenters. The molecule has 0 radical (unpaired) electrons. The lowest BCUT2D eigenvalue weighted by atomic mass is 9.62. The average Bonchev–Trinajstić information content (AvgIpc) is 3.18. The first-order valence-corrected chi connectivity index (χ1v) is 21.4. The first kappa shape index (κ1) is 39.7. The maximum atomic E-state index is 6.06. The lowest BCUT2D eigenvalue weighted by Gasteiger charge is -2.42. The van der Waals surface area contributed by atoms with E-state index in [9.17, 15) is 0 Å². The second kappa shape index (κ2) is 20.6. The van der Waals surface area contributed by atoms with Crippen molar-refractivity contribution in [3.05, 3.63) is 130 Å². The standard InChI is InChI=1S/C50H70N2/c1-4-7-8-9-10-11-12-13-14-15-18-39-35-37-50(38-36-39,44-27-19-40(20-28-44)48(16-5-2)42-23-31-46(51)32-24-42)45-29-21-41(22-30-45)49(17-6-3)43-25-33-47(52)34-26-43/h19-34,39,48-49H,4-18,35-38,51-52H2,1-3H3. The number of nitrogens with two attached hydrogens (primary N) is 2. The van der Waals surface area contributed by atoms with Gasteiger partial charge in [-0.3, -0.25) is 0 Å². The molecule has 5 rings (SSSR count). The Kier molecular flexibility index (Phi) is 15.8. The SMILES string of the molecule is CCCCCCCCCCCCC1CCC(c2ccc(C(CCC)c3ccc(N)cc3)cc2)(c2ccc(C(CCC)c3ccc(N)cc3)cc2)CC1. The summed E-state index contributed by atoms with van der Waals surface area (Å²) in [5.74, 6) is 1.66. The van der Waals surface area contributed by atoms with Crippen LogP contribution in [0.5, 0.6) is 0 Å². The second-order valence-electron chi connectivity index (χ2n) is 16.3. The molecule has 4 aromatic carbocycles. The highest BCUT2D eigenvalue weighted by molar-refractivity contribution is 5.47. The number of rotatable bonds is 21. The van der Waals surface area contributed by atoms with Gasteiger partial charge in [0.15, 0.2) is 0 Å². The summed E-state index contributed by atoms with van der Waals surface area (Å²) in [6.07, 6.45) is 25.3. The summed E-state index contributed by atoms with van der Waals surface area (Å²) in [5, 5.41) is 0. The monoisotopic (exact) mass is 699 g/mol. The molecule has 52 heavy (non-hydrogen) atoms. The number of unbranched alkanes of at least 4 members (excludes halogenated alkanes) is 9. The summed E-state index contributed by atoms with van der Waals surface area (Å²) in [7, 11) is 0. The van der Waals surface area contributed by atoms with Gasteiger partial charge < -0.3 is 11.5 Å². The van der Waals surface area contributed by atoms with Gasteiger partial charge in [0.25, 0.3) is 0 Å². The number of hydrogen-bond acceptors (Lipinski definition) is 2. The van der Waals surface area contributed by atoms with Crippen LogP contribution in [0.1, 0.15) is 188 Å². The second-order valence-corrected chi connectivity index (χ2v) is 16.3. The van der Waals surface area contributed by atoms with Crippen LogP contribution < -0.4 is 11.5 Å². The molecular weight excluding hydrogens is 629 g/mol. The zero-order valence-electron chi connectivity index (χ0n) is 33.1. The van der Waals surface area contributed by atoms with E-state index in [1.165, 1.54) is 130 Å². The fourth-order valence-corrected chi connectivity index (χ4v) is 9.28. The summed E-state index contributed by atoms with van der Waals surface area (Å²) >= 11 is 0. The Bertz CT molecular complexity index is 1440. The van der Waals surface area contributed by atoms with Gasteiger partial charge in [-0.15, -0.1) is 0 Å². The average molecular weight is 699 g/mol. The van der Waals surface area contributed by atoms with Crippen LogP contribution in [0, 0.1) is 5.92 Å². The van der Waals surface area contributed by atoms with Gasteiger partial charge in [-0.1, -0.05) is 177 Å². The van der Waals surface area contributed by atoms with Gasteiger partial charge in [0.2, 0.25) is 0 Å². The van der Waals surface area contributed by atoms with Crippen LogP contribution in [0.15, 0.2) is 97.1 Å². The van der Waals surface area contributed by atoms with E-state index in [1.807, 2.05) is 0 Å². The van der Waals surface area contributed by atoms with E-state index >= 15 is 0 Å². The van der Waals surface area contributed by atoms with E-state index in [1.54, 1.807) is 0 Å². The lowest BCUT2D eigenvalue weighted by molar-refractivity contribution is 0.250. The predicted molar refractivity (Wildman–Crippen MR) is 227 cm³/mol. The van der Waals surface area contributed by atoms with Crippen molar-refractivity contribution in [1.29, 1.82) is 0 Å². The van der Waals surface area contributed by atoms with E-state index in [2.05, 4.69) is 118 Å². The minimum absolute atomic E-state index is 0.0637. The van der Waals surface area contributed by atoms with Gasteiger partial charge in [0.05, 0.1) is 0 Å². The molecule has 1 aliphatic carbocycles. The Balaban J connectivity index is 1.32. The Morgan fingerprint density at radius 3 is 1.17 bits per heavy atom. The number of nitrogen functional groups attached to an aromatic ring is 2. The fourth-order valence-electron chi connectivity index (χ4n) is 9.28. The highest BCUT2D eigenvalue weighted by Crippen LogP contribution is 2.48. The van der Waals surface area contributed by atoms with Crippen LogP contribution in [0.3, 0.4) is 0 Å². The Labute approximate surface area is 318 Å². The molecule has 0 saturated heterocycles. The van der Waals surface area contributed by atoms with E-state index in [0.29, 0.717) is 11.8 Å². The number of hydrogen-bond donors (Lipinski definition) is 2. The van der Waals surface area contributed by atoms with Gasteiger partial charge >= 0.3 is 0 Å². The summed E-state index contributed by atoms with van der Waals surface area (Å²) < 4.78 is 0. The number of anilines is 2. The summed E-state index contributed by atoms with van der Waals surface area (Å²) in [5.41, 5.74) is 22.4. The third-order valence-corrected chi connectivity index (χ3v) is 12.5. The van der Waals surface area contributed by atoms with Gasteiger partial charge in [-0.05, 0) is 102 Å². The predicted octanol–water partition coefficient (Wildman–Crippen LogP) is 14.5. The molecule has 1 fully saturated rings. The molecule has 0 aliphatic heterocycles. The summed E-state index contributed by atoms with van der Waals surface area (Å²) in [6, 6.07) is 36.8. The molecule has 2 heteroatoms. The molecule has 0 spiro atoms. The van der Waals surface area contributed by atoms with Gasteiger partial charge in [0.1, 0.15) is 0 Å². The van der Waals surface area contributed by atoms with Crippen LogP contribution in [-0.4, -0.2) is 0 Å². The molecule has 0 aromatic heterocycles. The van der Waals surface area contributed by atoms with Crippen molar-refractivity contribution in [2.24, 2.45) is 5.92 Å². The maximum absolute atomic E-state index is 6.06. The summed E-state index contributed by atoms with van der Waals surface area (Å²) in [4.78, 5) is 0. The largest absolute Gasteiger partial charge is 0.399 e. The third-order valence-electron chi connectivity index (χ3n) is 12.5. The van der Waals surface area contributed by atoms with Gasteiger partial charge in [-0.2, -0.15) is 0 Å². The van der Waals surface area contributed by atoms with E-state index in [-0.39, 0.29) is 5.41 Å². The Morgan fingerprint density at radius 1 is 0.462 bits per heavy atom. The maximum Gasteiger partial charge on any atom is 0.0314 e. The van der Waals surface area contributed by atoms with Crippen molar-refractivity contribution in [2.75, 3.05) is 11.5 Å². The van der Waals surface area contributed by atoms with E-state index < -0.39 is 0 Å². The molecule has 0 heterocycles. The first-order chi connectivity index (χ1) is 25.5. The molecule has 280 valence electrons. The van der Waals surface area contributed by atoms with E-state index in [0.717, 1.165) is 43.0 Å². The quantitative estimate of drug-likeness (QED) is 0.0672. The molecule has 0 bridgehead atoms. The van der Waals surface area contributed by atoms with Crippen LogP contribution in [0.2, 0.25) is 0 Å². The Morgan fingerprint density at radius 2 is 0.808 bits per heavy atom. The molecule has 0 amide bonds. The normalized spacial score (nSPS) is 18.6. The smallest absolute Gasteiger partial charge is 0.0314 e. The van der Waals surface area contributed by atoms with Crippen LogP contribution in [0.25, 0.3) is 0 Å². The highest BCUT2D eigenvalue weighted by atomic mass is 14.5. The molecule has 4 aromatic rings. The topological polar surface area (TPSA) is 52.0 Å². The van der Waals surface area contributed by atoms with E-state index in [4.69, 9.17) is 11.5 Å². The molecule has 4 N–H and O–H groups in total. The molecular formula is C50H70N2. The van der Waals surface area contributed by atoms with Crippen LogP contribution in [0.4, 0.5) is 11.4 Å². The van der Waals surface area contributed by atoms with Crippen LogP contribution in [-0.2, 0) is 5.41 Å².